The Morgan fingerprint density at radius 3 is 3.00 bits per heavy atom. The fourth-order valence-corrected chi connectivity index (χ4v) is 1.59. The number of nitrogens with one attached hydrogen (secondary N) is 1. The minimum Gasteiger partial charge on any atom is -0.472 e. The van der Waals surface area contributed by atoms with Gasteiger partial charge in [0.25, 0.3) is 5.91 Å². The number of carbonyl (C=O) groups is 1. The Bertz CT molecular complexity index is 568. The van der Waals surface area contributed by atoms with E-state index >= 15 is 0 Å². The molecule has 0 unspecified atom stereocenters. The van der Waals surface area contributed by atoms with Crippen LogP contribution in [-0.2, 0) is 6.42 Å². The molecule has 0 bridgehead atoms. The number of nitriles is 1. The highest BCUT2D eigenvalue weighted by Gasteiger charge is 2.05. The molecule has 0 fully saturated rings. The molecule has 4 nitrogen and oxygen atoms in total. The molecule has 90 valence electrons. The zero-order valence-electron chi connectivity index (χ0n) is 9.72. The molecular weight excluding hydrogens is 228 g/mol. The van der Waals surface area contributed by atoms with E-state index < -0.39 is 0 Å². The van der Waals surface area contributed by atoms with Gasteiger partial charge in [-0.1, -0.05) is 6.07 Å². The van der Waals surface area contributed by atoms with E-state index in [1.807, 2.05) is 12.1 Å². The highest BCUT2D eigenvalue weighted by Crippen LogP contribution is 2.04. The van der Waals surface area contributed by atoms with Gasteiger partial charge < -0.3 is 9.73 Å². The van der Waals surface area contributed by atoms with Gasteiger partial charge in [-0.05, 0) is 36.2 Å². The molecular formula is C14H12N2O2. The largest absolute Gasteiger partial charge is 0.472 e. The first-order chi connectivity index (χ1) is 8.79. The zero-order valence-corrected chi connectivity index (χ0v) is 9.72. The van der Waals surface area contributed by atoms with Crippen molar-refractivity contribution in [1.29, 1.82) is 5.26 Å². The topological polar surface area (TPSA) is 66.0 Å². The lowest BCUT2D eigenvalue weighted by atomic mass is 10.1. The monoisotopic (exact) mass is 240 g/mol. The van der Waals surface area contributed by atoms with Crippen molar-refractivity contribution in [2.24, 2.45) is 0 Å². The van der Waals surface area contributed by atoms with Gasteiger partial charge in [-0.15, -0.1) is 0 Å². The number of nitrogens with zero attached hydrogens (tertiary/aromatic N) is 1. The van der Waals surface area contributed by atoms with E-state index in [4.69, 9.17) is 9.68 Å². The molecule has 0 aliphatic rings. The number of rotatable bonds is 4. The highest BCUT2D eigenvalue weighted by molar-refractivity contribution is 5.94. The Hall–Kier alpha value is -2.54. The van der Waals surface area contributed by atoms with Crippen LogP contribution in [0.1, 0.15) is 21.5 Å². The minimum atomic E-state index is -0.171. The number of carbonyl (C=O) groups excluding carboxylic acids is 1. The van der Waals surface area contributed by atoms with E-state index in [1.165, 1.54) is 0 Å². The summed E-state index contributed by atoms with van der Waals surface area (Å²) in [5.41, 5.74) is 2.03. The van der Waals surface area contributed by atoms with Gasteiger partial charge in [0.15, 0.2) is 0 Å². The second-order valence-electron chi connectivity index (χ2n) is 3.83. The first-order valence-corrected chi connectivity index (χ1v) is 5.59. The van der Waals surface area contributed by atoms with Crippen LogP contribution in [-0.4, -0.2) is 12.5 Å². The third-order valence-corrected chi connectivity index (χ3v) is 2.53. The standard InChI is InChI=1S/C14H12N2O2/c15-9-12-2-1-3-13(8-12)14(17)16-6-4-11-5-7-18-10-11/h1-3,5,7-8,10H,4,6H2,(H,16,17). The number of amides is 1. The van der Waals surface area contributed by atoms with Crippen molar-refractivity contribution in [3.8, 4) is 6.07 Å². The van der Waals surface area contributed by atoms with Crippen molar-refractivity contribution in [2.45, 2.75) is 6.42 Å². The first kappa shape index (κ1) is 11.9. The maximum absolute atomic E-state index is 11.8. The Morgan fingerprint density at radius 1 is 1.39 bits per heavy atom. The number of benzene rings is 1. The van der Waals surface area contributed by atoms with Crippen molar-refractivity contribution < 1.29 is 9.21 Å². The molecule has 0 aliphatic heterocycles. The Balaban J connectivity index is 1.89. The van der Waals surface area contributed by atoms with E-state index in [2.05, 4.69) is 5.32 Å². The molecule has 1 amide bonds. The molecule has 2 rings (SSSR count). The van der Waals surface area contributed by atoms with Crippen molar-refractivity contribution in [2.75, 3.05) is 6.54 Å². The SMILES string of the molecule is N#Cc1cccc(C(=O)NCCc2ccoc2)c1. The summed E-state index contributed by atoms with van der Waals surface area (Å²) in [4.78, 5) is 11.8. The molecule has 0 saturated carbocycles. The Labute approximate surface area is 105 Å². The number of hydrogen-bond acceptors (Lipinski definition) is 3. The summed E-state index contributed by atoms with van der Waals surface area (Å²) < 4.78 is 4.94. The highest BCUT2D eigenvalue weighted by atomic mass is 16.3. The van der Waals surface area contributed by atoms with E-state index in [0.29, 0.717) is 17.7 Å². The maximum Gasteiger partial charge on any atom is 0.251 e. The molecule has 1 heterocycles. The summed E-state index contributed by atoms with van der Waals surface area (Å²) in [5.74, 6) is -0.171. The molecule has 18 heavy (non-hydrogen) atoms. The van der Waals surface area contributed by atoms with Crippen LogP contribution in [0.3, 0.4) is 0 Å². The van der Waals surface area contributed by atoms with E-state index in [9.17, 15) is 4.79 Å². The van der Waals surface area contributed by atoms with Crippen LogP contribution in [0, 0.1) is 11.3 Å². The van der Waals surface area contributed by atoms with E-state index in [-0.39, 0.29) is 5.91 Å². The summed E-state index contributed by atoms with van der Waals surface area (Å²) in [6.07, 6.45) is 3.98. The van der Waals surface area contributed by atoms with Crippen LogP contribution >= 0.6 is 0 Å². The summed E-state index contributed by atoms with van der Waals surface area (Å²) in [5, 5.41) is 11.6. The van der Waals surface area contributed by atoms with Crippen LogP contribution in [0.4, 0.5) is 0 Å². The lowest BCUT2D eigenvalue weighted by Gasteiger charge is -2.04. The van der Waals surface area contributed by atoms with E-state index in [0.717, 1.165) is 12.0 Å². The van der Waals surface area contributed by atoms with Crippen molar-refractivity contribution in [1.82, 2.24) is 5.32 Å². The molecule has 1 aromatic heterocycles. The number of hydrogen-bond donors (Lipinski definition) is 1. The van der Waals surface area contributed by atoms with Gasteiger partial charge in [-0.25, -0.2) is 0 Å². The van der Waals surface area contributed by atoms with E-state index in [1.54, 1.807) is 36.8 Å². The van der Waals surface area contributed by atoms with Crippen LogP contribution in [0.2, 0.25) is 0 Å². The van der Waals surface area contributed by atoms with Gasteiger partial charge >= 0.3 is 0 Å². The van der Waals surface area contributed by atoms with Gasteiger partial charge in [0.1, 0.15) is 0 Å². The molecule has 2 aromatic rings. The Kier molecular flexibility index (Phi) is 3.77. The van der Waals surface area contributed by atoms with Crippen molar-refractivity contribution >= 4 is 5.91 Å². The smallest absolute Gasteiger partial charge is 0.251 e. The molecule has 0 aliphatic carbocycles. The molecule has 0 atom stereocenters. The summed E-state index contributed by atoms with van der Waals surface area (Å²) >= 11 is 0. The van der Waals surface area contributed by atoms with Crippen LogP contribution < -0.4 is 5.32 Å². The third kappa shape index (κ3) is 2.98. The van der Waals surface area contributed by atoms with Crippen LogP contribution in [0.25, 0.3) is 0 Å². The summed E-state index contributed by atoms with van der Waals surface area (Å²) in [6, 6.07) is 10.5. The quantitative estimate of drug-likeness (QED) is 0.890. The second-order valence-corrected chi connectivity index (χ2v) is 3.83. The lowest BCUT2D eigenvalue weighted by Crippen LogP contribution is -2.25. The predicted molar refractivity (Wildman–Crippen MR) is 65.9 cm³/mol. The molecule has 0 radical (unpaired) electrons. The average Bonchev–Trinajstić information content (AvgIpc) is 2.92. The Morgan fingerprint density at radius 2 is 2.28 bits per heavy atom. The molecule has 0 spiro atoms. The fourth-order valence-electron chi connectivity index (χ4n) is 1.59. The molecule has 4 heteroatoms. The normalized spacial score (nSPS) is 9.72. The minimum absolute atomic E-state index is 0.171. The second kappa shape index (κ2) is 5.69. The predicted octanol–water partition coefficient (Wildman–Crippen LogP) is 2.12. The molecule has 0 saturated heterocycles. The van der Waals surface area contributed by atoms with Crippen molar-refractivity contribution in [3.05, 3.63) is 59.5 Å². The average molecular weight is 240 g/mol. The van der Waals surface area contributed by atoms with Gasteiger partial charge in [0.2, 0.25) is 0 Å². The maximum atomic E-state index is 11.8. The summed E-state index contributed by atoms with van der Waals surface area (Å²) in [7, 11) is 0. The zero-order chi connectivity index (χ0) is 12.8. The van der Waals surface area contributed by atoms with Gasteiger partial charge in [-0.2, -0.15) is 5.26 Å². The van der Waals surface area contributed by atoms with Crippen LogP contribution in [0.5, 0.6) is 0 Å². The molecule has 1 aromatic carbocycles. The van der Waals surface area contributed by atoms with Crippen LogP contribution in [0.15, 0.2) is 47.3 Å². The van der Waals surface area contributed by atoms with Crippen molar-refractivity contribution in [3.63, 3.8) is 0 Å². The lowest BCUT2D eigenvalue weighted by molar-refractivity contribution is 0.0954. The van der Waals surface area contributed by atoms with Gasteiger partial charge in [-0.3, -0.25) is 4.79 Å². The van der Waals surface area contributed by atoms with Gasteiger partial charge in [0, 0.05) is 12.1 Å². The molecule has 1 N–H and O–H groups in total. The summed E-state index contributed by atoms with van der Waals surface area (Å²) in [6.45, 7) is 0.537. The fraction of sp³-hybridized carbons (Fsp3) is 0.143. The van der Waals surface area contributed by atoms with Gasteiger partial charge in [0.05, 0.1) is 24.2 Å². The third-order valence-electron chi connectivity index (χ3n) is 2.53. The first-order valence-electron chi connectivity index (χ1n) is 5.59. The number of furan rings is 1.